The van der Waals surface area contributed by atoms with Gasteiger partial charge in [-0.05, 0) is 18.5 Å². The molecule has 0 amide bonds. The van der Waals surface area contributed by atoms with Gasteiger partial charge in [-0.25, -0.2) is 9.50 Å². The monoisotopic (exact) mass is 257 g/mol. The van der Waals surface area contributed by atoms with Crippen molar-refractivity contribution >= 4 is 5.78 Å². The molecule has 2 aromatic rings. The molecule has 0 bridgehead atoms. The fourth-order valence-electron chi connectivity index (χ4n) is 2.07. The summed E-state index contributed by atoms with van der Waals surface area (Å²) in [6.07, 6.45) is -0.444. The van der Waals surface area contributed by atoms with Gasteiger partial charge in [0, 0.05) is 24.9 Å². The first-order valence-corrected chi connectivity index (χ1v) is 5.54. The summed E-state index contributed by atoms with van der Waals surface area (Å²) in [4.78, 5) is 7.27. The van der Waals surface area contributed by atoms with Crippen molar-refractivity contribution in [3.05, 3.63) is 23.8 Å². The fraction of sp³-hybridized carbons (Fsp3) is 0.500. The highest BCUT2D eigenvalue weighted by Gasteiger charge is 2.36. The maximum Gasteiger partial charge on any atom is 0.453 e. The van der Waals surface area contributed by atoms with E-state index in [2.05, 4.69) is 20.4 Å². The summed E-state index contributed by atoms with van der Waals surface area (Å²) in [5.41, 5.74) is 0.881. The molecule has 0 aromatic carbocycles. The second-order valence-corrected chi connectivity index (χ2v) is 4.25. The normalized spacial score (nSPS) is 20.7. The van der Waals surface area contributed by atoms with Crippen LogP contribution in [0.3, 0.4) is 0 Å². The predicted octanol–water partition coefficient (Wildman–Crippen LogP) is 1.22. The van der Waals surface area contributed by atoms with Crippen LogP contribution in [0.2, 0.25) is 0 Å². The minimum atomic E-state index is -4.54. The summed E-state index contributed by atoms with van der Waals surface area (Å²) < 4.78 is 38.4. The van der Waals surface area contributed by atoms with Gasteiger partial charge in [0.25, 0.3) is 11.6 Å². The van der Waals surface area contributed by atoms with Crippen LogP contribution in [0.25, 0.3) is 5.78 Å². The van der Waals surface area contributed by atoms with E-state index in [4.69, 9.17) is 0 Å². The summed E-state index contributed by atoms with van der Waals surface area (Å²) in [5.74, 6) is -0.908. The van der Waals surface area contributed by atoms with E-state index < -0.39 is 12.0 Å². The van der Waals surface area contributed by atoms with E-state index in [1.807, 2.05) is 0 Å². The van der Waals surface area contributed by atoms with E-state index in [0.29, 0.717) is 0 Å². The molecule has 8 heteroatoms. The van der Waals surface area contributed by atoms with Crippen LogP contribution >= 0.6 is 0 Å². The van der Waals surface area contributed by atoms with Crippen molar-refractivity contribution in [2.75, 3.05) is 13.1 Å². The Hall–Kier alpha value is -1.70. The van der Waals surface area contributed by atoms with Gasteiger partial charge in [0.2, 0.25) is 0 Å². The summed E-state index contributed by atoms with van der Waals surface area (Å²) in [6.45, 7) is 1.72. The van der Waals surface area contributed by atoms with Gasteiger partial charge in [-0.15, -0.1) is 5.10 Å². The molecule has 3 rings (SSSR count). The third kappa shape index (κ3) is 1.92. The molecule has 5 nitrogen and oxygen atoms in total. The standard InChI is InChI=1S/C10H10F3N5/c11-10(12,13)8-16-9-15-4-7(5-18(9)17-8)6-1-2-14-3-6/h4-6,14H,1-3H2. The number of fused-ring (bicyclic) bond motifs is 1. The van der Waals surface area contributed by atoms with Gasteiger partial charge < -0.3 is 5.32 Å². The van der Waals surface area contributed by atoms with Gasteiger partial charge in [0.05, 0.1) is 0 Å². The van der Waals surface area contributed by atoms with Crippen LogP contribution in [0.5, 0.6) is 0 Å². The predicted molar refractivity (Wildman–Crippen MR) is 56.0 cm³/mol. The first-order valence-electron chi connectivity index (χ1n) is 5.54. The molecule has 1 N–H and O–H groups in total. The molecule has 0 saturated carbocycles. The topological polar surface area (TPSA) is 55.1 Å². The minimum absolute atomic E-state index is 0.0305. The molecule has 18 heavy (non-hydrogen) atoms. The summed E-state index contributed by atoms with van der Waals surface area (Å²) in [5, 5.41) is 6.61. The van der Waals surface area contributed by atoms with E-state index in [1.165, 1.54) is 0 Å². The fourth-order valence-corrected chi connectivity index (χ4v) is 2.07. The van der Waals surface area contributed by atoms with Gasteiger partial charge in [0.1, 0.15) is 0 Å². The largest absolute Gasteiger partial charge is 0.453 e. The second-order valence-electron chi connectivity index (χ2n) is 4.25. The van der Waals surface area contributed by atoms with Crippen molar-refractivity contribution in [1.82, 2.24) is 24.9 Å². The lowest BCUT2D eigenvalue weighted by molar-refractivity contribution is -0.144. The van der Waals surface area contributed by atoms with Crippen molar-refractivity contribution in [3.63, 3.8) is 0 Å². The molecule has 1 aliphatic rings. The zero-order valence-electron chi connectivity index (χ0n) is 9.28. The average Bonchev–Trinajstić information content (AvgIpc) is 2.96. The van der Waals surface area contributed by atoms with E-state index in [-0.39, 0.29) is 11.7 Å². The zero-order valence-corrected chi connectivity index (χ0v) is 9.28. The first kappa shape index (κ1) is 11.4. The van der Waals surface area contributed by atoms with Gasteiger partial charge in [-0.1, -0.05) is 0 Å². The lowest BCUT2D eigenvalue weighted by atomic mass is 10.0. The van der Waals surface area contributed by atoms with E-state index >= 15 is 0 Å². The number of nitrogens with zero attached hydrogens (tertiary/aromatic N) is 4. The van der Waals surface area contributed by atoms with E-state index in [0.717, 1.165) is 29.6 Å². The molecule has 0 aliphatic carbocycles. The van der Waals surface area contributed by atoms with Crippen molar-refractivity contribution in [3.8, 4) is 0 Å². The third-order valence-electron chi connectivity index (χ3n) is 3.00. The number of aromatic nitrogens is 4. The SMILES string of the molecule is FC(F)(F)c1nc2ncc(C3CCNC3)cn2n1. The lowest BCUT2D eigenvalue weighted by Crippen LogP contribution is -2.09. The van der Waals surface area contributed by atoms with Crippen molar-refractivity contribution in [2.45, 2.75) is 18.5 Å². The Labute approximate surface area is 100 Å². The number of rotatable bonds is 1. The van der Waals surface area contributed by atoms with Crippen LogP contribution in [-0.4, -0.2) is 32.7 Å². The molecule has 1 unspecified atom stereocenters. The van der Waals surface area contributed by atoms with Gasteiger partial charge in [0.15, 0.2) is 0 Å². The Morgan fingerprint density at radius 2 is 2.22 bits per heavy atom. The molecule has 3 heterocycles. The van der Waals surface area contributed by atoms with E-state index in [9.17, 15) is 13.2 Å². The van der Waals surface area contributed by atoms with E-state index in [1.54, 1.807) is 12.4 Å². The molecule has 1 saturated heterocycles. The number of halogens is 3. The minimum Gasteiger partial charge on any atom is -0.316 e. The van der Waals surface area contributed by atoms with Crippen LogP contribution in [0, 0.1) is 0 Å². The first-order chi connectivity index (χ1) is 8.54. The number of alkyl halides is 3. The molecule has 96 valence electrons. The van der Waals surface area contributed by atoms with Crippen LogP contribution < -0.4 is 5.32 Å². The molecule has 0 radical (unpaired) electrons. The van der Waals surface area contributed by atoms with Crippen molar-refractivity contribution < 1.29 is 13.2 Å². The number of nitrogens with one attached hydrogen (secondary N) is 1. The third-order valence-corrected chi connectivity index (χ3v) is 3.00. The molecular weight excluding hydrogens is 247 g/mol. The highest BCUT2D eigenvalue weighted by molar-refractivity contribution is 5.29. The van der Waals surface area contributed by atoms with Crippen molar-refractivity contribution in [2.24, 2.45) is 0 Å². The Kier molecular flexibility index (Phi) is 2.47. The second kappa shape index (κ2) is 3.91. The highest BCUT2D eigenvalue weighted by atomic mass is 19.4. The summed E-state index contributed by atoms with van der Waals surface area (Å²) in [6, 6.07) is 0. The van der Waals surface area contributed by atoms with Gasteiger partial charge >= 0.3 is 6.18 Å². The van der Waals surface area contributed by atoms with Crippen LogP contribution in [-0.2, 0) is 6.18 Å². The number of hydrogen-bond acceptors (Lipinski definition) is 4. The zero-order chi connectivity index (χ0) is 12.8. The quantitative estimate of drug-likeness (QED) is 0.834. The van der Waals surface area contributed by atoms with Gasteiger partial charge in [-0.2, -0.15) is 18.2 Å². The van der Waals surface area contributed by atoms with Gasteiger partial charge in [-0.3, -0.25) is 0 Å². The van der Waals surface area contributed by atoms with Crippen LogP contribution in [0.1, 0.15) is 23.7 Å². The average molecular weight is 257 g/mol. The molecule has 1 atom stereocenters. The lowest BCUT2D eigenvalue weighted by Gasteiger charge is -2.07. The Morgan fingerprint density at radius 3 is 2.89 bits per heavy atom. The highest BCUT2D eigenvalue weighted by Crippen LogP contribution is 2.27. The molecule has 0 spiro atoms. The summed E-state index contributed by atoms with van der Waals surface area (Å²) >= 11 is 0. The Morgan fingerprint density at radius 1 is 1.39 bits per heavy atom. The van der Waals surface area contributed by atoms with Crippen LogP contribution in [0.15, 0.2) is 12.4 Å². The molecule has 1 aliphatic heterocycles. The Balaban J connectivity index is 2.01. The maximum absolute atomic E-state index is 12.5. The maximum atomic E-state index is 12.5. The van der Waals surface area contributed by atoms with Crippen molar-refractivity contribution in [1.29, 1.82) is 0 Å². The van der Waals surface area contributed by atoms with Crippen LogP contribution in [0.4, 0.5) is 13.2 Å². The molecule has 1 fully saturated rings. The molecular formula is C10H10F3N5. The molecule has 2 aromatic heterocycles. The smallest absolute Gasteiger partial charge is 0.316 e. The summed E-state index contributed by atoms with van der Waals surface area (Å²) in [7, 11) is 0. The number of hydrogen-bond donors (Lipinski definition) is 1. The Bertz CT molecular complexity index is 570.